The molecule has 8 nitrogen and oxygen atoms in total. The van der Waals surface area contributed by atoms with E-state index < -0.39 is 20.2 Å². The van der Waals surface area contributed by atoms with Gasteiger partial charge in [0.25, 0.3) is 20.2 Å². The molecule has 0 aliphatic carbocycles. The lowest BCUT2D eigenvalue weighted by Gasteiger charge is -1.85. The number of unbranched alkanes of at least 4 members (excludes halogenated alkanes) is 1. The molecule has 0 saturated heterocycles. The normalized spacial score (nSPS) is 10.8. The highest BCUT2D eigenvalue weighted by Crippen LogP contribution is 1.80. The summed E-state index contributed by atoms with van der Waals surface area (Å²) in [7, 11) is -7.32. The summed E-state index contributed by atoms with van der Waals surface area (Å²) in [6, 6.07) is 0. The zero-order chi connectivity index (χ0) is 15.2. The third-order valence-electron chi connectivity index (χ3n) is 1.30. The lowest BCUT2D eigenvalue weighted by Crippen LogP contribution is -1.97. The molecule has 0 aliphatic rings. The van der Waals surface area contributed by atoms with Crippen LogP contribution < -0.4 is 0 Å². The van der Waals surface area contributed by atoms with E-state index >= 15 is 0 Å². The topological polar surface area (TPSA) is 149 Å². The first-order valence-corrected chi connectivity index (χ1v) is 8.37. The standard InChI is InChI=1S/C4H10O2.2C2H6O3S/c5-3-1-2-4-6;2*1-2-6(3,4)5/h5-6H,1-4H2;2*2H2,1H3,(H,3,4,5). The molecule has 0 aliphatic heterocycles. The van der Waals surface area contributed by atoms with Crippen LogP contribution in [0.1, 0.15) is 26.7 Å². The van der Waals surface area contributed by atoms with Gasteiger partial charge in [-0.05, 0) is 26.7 Å². The van der Waals surface area contributed by atoms with Crippen LogP contribution in [0.4, 0.5) is 0 Å². The maximum Gasteiger partial charge on any atom is 0.264 e. The van der Waals surface area contributed by atoms with Gasteiger partial charge in [0.1, 0.15) is 0 Å². The van der Waals surface area contributed by atoms with Gasteiger partial charge in [-0.2, -0.15) is 16.8 Å². The largest absolute Gasteiger partial charge is 0.396 e. The third-order valence-corrected chi connectivity index (χ3v) is 2.76. The van der Waals surface area contributed by atoms with Crippen LogP contribution >= 0.6 is 0 Å². The van der Waals surface area contributed by atoms with E-state index in [1.165, 1.54) is 13.8 Å². The van der Waals surface area contributed by atoms with Gasteiger partial charge in [-0.25, -0.2) is 0 Å². The van der Waals surface area contributed by atoms with Crippen LogP contribution in [0, 0.1) is 0 Å². The van der Waals surface area contributed by atoms with Crippen molar-refractivity contribution < 1.29 is 36.2 Å². The fraction of sp³-hybridized carbons (Fsp3) is 1.00. The molecule has 0 aromatic heterocycles. The number of hydrogen-bond donors (Lipinski definition) is 4. The minimum absolute atomic E-state index is 0.195. The molecule has 0 saturated carbocycles. The summed E-state index contributed by atoms with van der Waals surface area (Å²) in [5, 5.41) is 16.2. The van der Waals surface area contributed by atoms with Gasteiger partial charge in [0.05, 0.1) is 11.5 Å². The van der Waals surface area contributed by atoms with E-state index in [1.807, 2.05) is 0 Å². The predicted octanol–water partition coefficient (Wildman–Crippen LogP) is -0.461. The van der Waals surface area contributed by atoms with Crippen LogP contribution in [0.5, 0.6) is 0 Å². The fourth-order valence-electron chi connectivity index (χ4n) is 0.224. The van der Waals surface area contributed by atoms with Gasteiger partial charge in [-0.1, -0.05) is 0 Å². The van der Waals surface area contributed by atoms with Gasteiger partial charge in [-0.3, -0.25) is 9.11 Å². The number of hydrogen-bond acceptors (Lipinski definition) is 6. The van der Waals surface area contributed by atoms with Crippen molar-refractivity contribution in [2.45, 2.75) is 26.7 Å². The number of aliphatic hydroxyl groups is 2. The zero-order valence-corrected chi connectivity index (χ0v) is 12.1. The summed E-state index contributed by atoms with van der Waals surface area (Å²) < 4.78 is 53.8. The molecule has 114 valence electrons. The van der Waals surface area contributed by atoms with Gasteiger partial charge < -0.3 is 10.2 Å². The minimum Gasteiger partial charge on any atom is -0.396 e. The molecule has 0 amide bonds. The molecule has 4 N–H and O–H groups in total. The summed E-state index contributed by atoms with van der Waals surface area (Å²) in [4.78, 5) is 0. The molecule has 0 aromatic rings. The molecule has 0 atom stereocenters. The van der Waals surface area contributed by atoms with E-state index in [0.29, 0.717) is 0 Å². The van der Waals surface area contributed by atoms with Crippen molar-refractivity contribution in [3.8, 4) is 0 Å². The molecule has 0 heterocycles. The first-order chi connectivity index (χ1) is 8.04. The second kappa shape index (κ2) is 13.2. The summed E-state index contributed by atoms with van der Waals surface area (Å²) in [5.41, 5.74) is 0. The number of aliphatic hydroxyl groups excluding tert-OH is 2. The minimum atomic E-state index is -3.66. The Bertz CT molecular complexity index is 309. The Balaban J connectivity index is -0.000000187. The van der Waals surface area contributed by atoms with Crippen molar-refractivity contribution in [2.75, 3.05) is 24.7 Å². The average molecular weight is 310 g/mol. The summed E-state index contributed by atoms with van der Waals surface area (Å²) in [6.45, 7) is 3.13. The van der Waals surface area contributed by atoms with E-state index in [0.717, 1.165) is 12.8 Å². The summed E-state index contributed by atoms with van der Waals surface area (Å²) in [6.07, 6.45) is 1.44. The van der Waals surface area contributed by atoms with Crippen LogP contribution in [0.25, 0.3) is 0 Å². The predicted molar refractivity (Wildman–Crippen MR) is 67.6 cm³/mol. The van der Waals surface area contributed by atoms with Crippen molar-refractivity contribution in [1.82, 2.24) is 0 Å². The van der Waals surface area contributed by atoms with Crippen molar-refractivity contribution in [2.24, 2.45) is 0 Å². The highest BCUT2D eigenvalue weighted by Gasteiger charge is 1.93. The van der Waals surface area contributed by atoms with Gasteiger partial charge in [0.2, 0.25) is 0 Å². The Kier molecular flexibility index (Phi) is 16.8. The van der Waals surface area contributed by atoms with Gasteiger partial charge in [-0.15, -0.1) is 0 Å². The van der Waals surface area contributed by atoms with Crippen LogP contribution in [-0.4, -0.2) is 60.9 Å². The summed E-state index contributed by atoms with van der Waals surface area (Å²) in [5.74, 6) is -0.403. The van der Waals surface area contributed by atoms with Crippen molar-refractivity contribution in [1.29, 1.82) is 0 Å². The average Bonchev–Trinajstić information content (AvgIpc) is 2.26. The Labute approximate surface area is 108 Å². The molecule has 0 fully saturated rings. The molecular formula is C8H22O8S2. The smallest absolute Gasteiger partial charge is 0.264 e. The lowest BCUT2D eigenvalue weighted by atomic mass is 10.3. The molecule has 10 heteroatoms. The highest BCUT2D eigenvalue weighted by atomic mass is 32.2. The van der Waals surface area contributed by atoms with Crippen LogP contribution in [0.3, 0.4) is 0 Å². The molecule has 0 unspecified atom stereocenters. The van der Waals surface area contributed by atoms with E-state index in [-0.39, 0.29) is 24.7 Å². The molecule has 18 heavy (non-hydrogen) atoms. The second-order valence-electron chi connectivity index (χ2n) is 2.90. The van der Waals surface area contributed by atoms with Crippen LogP contribution in [-0.2, 0) is 20.2 Å². The summed E-state index contributed by atoms with van der Waals surface area (Å²) >= 11 is 0. The zero-order valence-electron chi connectivity index (χ0n) is 10.5. The number of rotatable bonds is 5. The fourth-order valence-corrected chi connectivity index (χ4v) is 0.224. The Morgan fingerprint density at radius 3 is 0.944 bits per heavy atom. The van der Waals surface area contributed by atoms with Gasteiger partial charge in [0, 0.05) is 13.2 Å². The molecule has 0 aromatic carbocycles. The SMILES string of the molecule is CCS(=O)(=O)O.CCS(=O)(=O)O.OCCCCO. The first-order valence-electron chi connectivity index (χ1n) is 5.16. The molecular weight excluding hydrogens is 288 g/mol. The molecule has 0 spiro atoms. The Morgan fingerprint density at radius 1 is 0.722 bits per heavy atom. The molecule has 0 rings (SSSR count). The molecule has 0 bridgehead atoms. The van der Waals surface area contributed by atoms with Gasteiger partial charge >= 0.3 is 0 Å². The van der Waals surface area contributed by atoms with Crippen molar-refractivity contribution >= 4 is 20.2 Å². The molecule has 0 radical (unpaired) electrons. The Morgan fingerprint density at radius 2 is 0.889 bits per heavy atom. The van der Waals surface area contributed by atoms with Crippen molar-refractivity contribution in [3.63, 3.8) is 0 Å². The lowest BCUT2D eigenvalue weighted by molar-refractivity contribution is 0.242. The van der Waals surface area contributed by atoms with Gasteiger partial charge in [0.15, 0.2) is 0 Å². The van der Waals surface area contributed by atoms with E-state index in [9.17, 15) is 16.8 Å². The maximum atomic E-state index is 9.56. The Hall–Kier alpha value is -0.260. The van der Waals surface area contributed by atoms with Crippen LogP contribution in [0.15, 0.2) is 0 Å². The van der Waals surface area contributed by atoms with E-state index in [1.54, 1.807) is 0 Å². The monoisotopic (exact) mass is 310 g/mol. The first kappa shape index (κ1) is 22.9. The van der Waals surface area contributed by atoms with E-state index in [4.69, 9.17) is 19.3 Å². The third kappa shape index (κ3) is 44.8. The maximum absolute atomic E-state index is 9.56. The van der Waals surface area contributed by atoms with Crippen molar-refractivity contribution in [3.05, 3.63) is 0 Å². The second-order valence-corrected chi connectivity index (χ2v) is 6.38. The highest BCUT2D eigenvalue weighted by molar-refractivity contribution is 7.85. The van der Waals surface area contributed by atoms with Crippen LogP contribution in [0.2, 0.25) is 0 Å². The van der Waals surface area contributed by atoms with E-state index in [2.05, 4.69) is 0 Å². The quantitative estimate of drug-likeness (QED) is 0.393.